The number of carbonyl (C=O) groups is 1. The number of esters is 1. The second kappa shape index (κ2) is 10.2. The van der Waals surface area contributed by atoms with Crippen LogP contribution in [0.4, 0.5) is 4.39 Å². The van der Waals surface area contributed by atoms with E-state index in [1.807, 2.05) is 44.2 Å². The average Bonchev–Trinajstić information content (AvgIpc) is 3.75. The first-order chi connectivity index (χ1) is 19.1. The van der Waals surface area contributed by atoms with Crippen molar-refractivity contribution in [3.05, 3.63) is 83.8 Å². The summed E-state index contributed by atoms with van der Waals surface area (Å²) in [5.74, 6) is -0.442. The Morgan fingerprint density at radius 2 is 1.78 bits per heavy atom. The van der Waals surface area contributed by atoms with E-state index >= 15 is 0 Å². The van der Waals surface area contributed by atoms with Crippen LogP contribution in [0.1, 0.15) is 83.9 Å². The summed E-state index contributed by atoms with van der Waals surface area (Å²) in [5, 5.41) is 24.3. The van der Waals surface area contributed by atoms with Crippen molar-refractivity contribution < 1.29 is 24.1 Å². The molecule has 0 bridgehead atoms. The Balaban J connectivity index is 1.46. The lowest BCUT2D eigenvalue weighted by Gasteiger charge is -2.63. The summed E-state index contributed by atoms with van der Waals surface area (Å²) in [4.78, 5) is 17.4. The minimum atomic E-state index is -1.29. The van der Waals surface area contributed by atoms with Gasteiger partial charge in [0.2, 0.25) is 0 Å². The van der Waals surface area contributed by atoms with E-state index in [9.17, 15) is 19.4 Å². The van der Waals surface area contributed by atoms with Crippen molar-refractivity contribution in [1.29, 1.82) is 0 Å². The number of carbonyl (C=O) groups excluding carboxylic acids is 1. The summed E-state index contributed by atoms with van der Waals surface area (Å²) in [6, 6.07) is 14.4. The smallest absolute Gasteiger partial charge is 0.333 e. The monoisotopic (exact) mass is 557 g/mol. The summed E-state index contributed by atoms with van der Waals surface area (Å²) in [6.07, 6.45) is 6.49. The predicted octanol–water partition coefficient (Wildman–Crippen LogP) is 7.50. The van der Waals surface area contributed by atoms with E-state index in [-0.39, 0.29) is 25.1 Å². The van der Waals surface area contributed by atoms with Crippen molar-refractivity contribution >= 4 is 22.9 Å². The number of aliphatic hydroxyl groups is 2. The lowest BCUT2D eigenvalue weighted by molar-refractivity contribution is -0.266. The highest BCUT2D eigenvalue weighted by Gasteiger charge is 2.66. The number of fused-ring (bicyclic) bond motifs is 1. The summed E-state index contributed by atoms with van der Waals surface area (Å²) < 4.78 is 19.3. The van der Waals surface area contributed by atoms with Crippen LogP contribution in [0.25, 0.3) is 28.1 Å². The molecule has 5 nitrogen and oxygen atoms in total. The third-order valence-corrected chi connectivity index (χ3v) is 8.92. The molecular weight excluding hydrogens is 517 g/mol. The molecule has 41 heavy (non-hydrogen) atoms. The van der Waals surface area contributed by atoms with Crippen LogP contribution in [-0.2, 0) is 9.53 Å². The fraction of sp³-hybridized carbons (Fsp3) is 0.429. The molecule has 2 fully saturated rings. The highest BCUT2D eigenvalue weighted by molar-refractivity contribution is 5.99. The largest absolute Gasteiger partial charge is 0.457 e. The Morgan fingerprint density at radius 3 is 2.39 bits per heavy atom. The number of rotatable bonds is 8. The SMILES string of the molecule is C=C(CCC1(O)CC(O)(C=Cc2c(C3CC3)nc3ccccc3c2-c2ccc(F)cc2)C1(C)C)C(=O)OC(C)(C)C. The van der Waals surface area contributed by atoms with Gasteiger partial charge in [0.1, 0.15) is 11.4 Å². The molecule has 2 atom stereocenters. The van der Waals surface area contributed by atoms with E-state index in [2.05, 4.69) is 6.58 Å². The van der Waals surface area contributed by atoms with Gasteiger partial charge in [-0.05, 0) is 70.2 Å². The molecule has 1 aromatic heterocycles. The molecule has 0 saturated heterocycles. The molecule has 216 valence electrons. The van der Waals surface area contributed by atoms with Gasteiger partial charge in [0, 0.05) is 39.8 Å². The van der Waals surface area contributed by atoms with Crippen LogP contribution in [0.2, 0.25) is 0 Å². The second-order valence-corrected chi connectivity index (χ2v) is 13.3. The molecule has 0 amide bonds. The van der Waals surface area contributed by atoms with Crippen molar-refractivity contribution in [2.75, 3.05) is 0 Å². The Bertz CT molecular complexity index is 1530. The normalized spacial score (nSPS) is 23.9. The number of halogens is 1. The highest BCUT2D eigenvalue weighted by Crippen LogP contribution is 2.60. The van der Waals surface area contributed by atoms with Crippen molar-refractivity contribution in [1.82, 2.24) is 4.98 Å². The van der Waals surface area contributed by atoms with Crippen molar-refractivity contribution in [2.24, 2.45) is 5.41 Å². The molecule has 5 rings (SSSR count). The molecule has 0 radical (unpaired) electrons. The van der Waals surface area contributed by atoms with Gasteiger partial charge in [-0.2, -0.15) is 0 Å². The van der Waals surface area contributed by atoms with E-state index < -0.39 is 28.2 Å². The quantitative estimate of drug-likeness (QED) is 0.221. The van der Waals surface area contributed by atoms with Crippen LogP contribution < -0.4 is 0 Å². The molecule has 2 aliphatic rings. The van der Waals surface area contributed by atoms with Crippen LogP contribution in [0.15, 0.2) is 66.8 Å². The molecule has 0 aliphatic heterocycles. The predicted molar refractivity (Wildman–Crippen MR) is 161 cm³/mol. The van der Waals surface area contributed by atoms with Crippen LogP contribution in [-0.4, -0.2) is 38.0 Å². The Hall–Kier alpha value is -3.35. The van der Waals surface area contributed by atoms with Gasteiger partial charge in [-0.25, -0.2) is 9.18 Å². The van der Waals surface area contributed by atoms with E-state index in [4.69, 9.17) is 9.72 Å². The summed E-state index contributed by atoms with van der Waals surface area (Å²) in [6.45, 7) is 13.0. The third-order valence-electron chi connectivity index (χ3n) is 8.92. The number of hydrogen-bond acceptors (Lipinski definition) is 5. The fourth-order valence-corrected chi connectivity index (χ4v) is 5.89. The number of hydrogen-bond donors (Lipinski definition) is 2. The zero-order chi connectivity index (χ0) is 29.8. The molecule has 2 aliphatic carbocycles. The van der Waals surface area contributed by atoms with E-state index in [1.54, 1.807) is 39.0 Å². The summed E-state index contributed by atoms with van der Waals surface area (Å²) in [5.41, 5.74) is 0.899. The van der Waals surface area contributed by atoms with Gasteiger partial charge in [0.05, 0.1) is 22.4 Å². The number of para-hydroxylation sites is 1. The van der Waals surface area contributed by atoms with Crippen molar-refractivity contribution in [2.45, 2.75) is 89.4 Å². The number of ether oxygens (including phenoxy) is 1. The van der Waals surface area contributed by atoms with Gasteiger partial charge >= 0.3 is 5.97 Å². The molecule has 1 heterocycles. The molecule has 2 unspecified atom stereocenters. The van der Waals surface area contributed by atoms with Gasteiger partial charge in [-0.3, -0.25) is 4.98 Å². The maximum absolute atomic E-state index is 13.9. The molecule has 3 aromatic rings. The Morgan fingerprint density at radius 1 is 1.12 bits per heavy atom. The van der Waals surface area contributed by atoms with Gasteiger partial charge in [-0.1, -0.05) is 62.9 Å². The van der Waals surface area contributed by atoms with Crippen molar-refractivity contribution in [3.63, 3.8) is 0 Å². The Kier molecular flexibility index (Phi) is 7.24. The third kappa shape index (κ3) is 5.47. The second-order valence-electron chi connectivity index (χ2n) is 13.3. The first-order valence-electron chi connectivity index (χ1n) is 14.4. The summed E-state index contributed by atoms with van der Waals surface area (Å²) in [7, 11) is 0. The average molecular weight is 558 g/mol. The van der Waals surface area contributed by atoms with Crippen molar-refractivity contribution in [3.8, 4) is 11.1 Å². The zero-order valence-electron chi connectivity index (χ0n) is 24.6. The molecule has 6 heteroatoms. The van der Waals surface area contributed by atoms with Gasteiger partial charge in [0.25, 0.3) is 0 Å². The number of nitrogens with zero attached hydrogens (tertiary/aromatic N) is 1. The van der Waals surface area contributed by atoms with E-state index in [0.717, 1.165) is 46.1 Å². The van der Waals surface area contributed by atoms with Crippen LogP contribution in [0.3, 0.4) is 0 Å². The molecule has 2 N–H and O–H groups in total. The lowest BCUT2D eigenvalue weighted by Crippen LogP contribution is -2.71. The topological polar surface area (TPSA) is 79.7 Å². The van der Waals surface area contributed by atoms with Gasteiger partial charge < -0.3 is 14.9 Å². The number of aromatic nitrogens is 1. The number of pyridine rings is 1. The molecule has 2 saturated carbocycles. The van der Waals surface area contributed by atoms with E-state index in [1.165, 1.54) is 12.1 Å². The lowest BCUT2D eigenvalue weighted by atomic mass is 9.47. The fourth-order valence-electron chi connectivity index (χ4n) is 5.89. The number of benzene rings is 2. The minimum Gasteiger partial charge on any atom is -0.457 e. The molecular formula is C35H40FNO4. The molecule has 0 spiro atoms. The van der Waals surface area contributed by atoms with Crippen LogP contribution in [0, 0.1) is 11.2 Å². The van der Waals surface area contributed by atoms with E-state index in [0.29, 0.717) is 11.5 Å². The summed E-state index contributed by atoms with van der Waals surface area (Å²) >= 11 is 0. The molecule has 2 aromatic carbocycles. The first kappa shape index (κ1) is 29.2. The van der Waals surface area contributed by atoms with Crippen LogP contribution in [0.5, 0.6) is 0 Å². The minimum absolute atomic E-state index is 0.122. The first-order valence-corrected chi connectivity index (χ1v) is 14.4. The van der Waals surface area contributed by atoms with Gasteiger partial charge in [-0.15, -0.1) is 0 Å². The van der Waals surface area contributed by atoms with Gasteiger partial charge in [0.15, 0.2) is 0 Å². The highest BCUT2D eigenvalue weighted by atomic mass is 19.1. The maximum Gasteiger partial charge on any atom is 0.333 e. The Labute approximate surface area is 241 Å². The van der Waals surface area contributed by atoms with Crippen LogP contribution >= 0.6 is 0 Å². The standard InChI is InChI=1S/C35H40FNO4/c1-22(31(38)41-32(2,3)4)17-19-34(39)21-35(40,33(34,5)6)20-18-27-29(23-13-15-25(36)16-14-23)26-9-7-8-10-28(26)37-30(27)24-11-12-24/h7-10,13-16,18,20,24,39-40H,1,11-12,17,19,21H2,2-6H3. The zero-order valence-corrected chi connectivity index (χ0v) is 24.6. The maximum atomic E-state index is 13.9.